The first kappa shape index (κ1) is 13.7. The van der Waals surface area contributed by atoms with E-state index in [-0.39, 0.29) is 5.91 Å². The Morgan fingerprint density at radius 2 is 1.81 bits per heavy atom. The summed E-state index contributed by atoms with van der Waals surface area (Å²) in [5.41, 5.74) is 2.36. The number of halogens is 1. The third kappa shape index (κ3) is 2.41. The average molecular weight is 300 g/mol. The van der Waals surface area contributed by atoms with Gasteiger partial charge in [0.2, 0.25) is 0 Å². The van der Waals surface area contributed by atoms with Gasteiger partial charge in [0.25, 0.3) is 5.91 Å². The van der Waals surface area contributed by atoms with E-state index in [4.69, 9.17) is 16.3 Å². The summed E-state index contributed by atoms with van der Waals surface area (Å²) in [6, 6.07) is 14.6. The summed E-state index contributed by atoms with van der Waals surface area (Å²) in [5, 5.41) is 1.62. The highest BCUT2D eigenvalue weighted by molar-refractivity contribution is 6.31. The zero-order chi connectivity index (χ0) is 15.0. The van der Waals surface area contributed by atoms with E-state index in [2.05, 4.69) is 0 Å². The number of carbonyl (C=O) groups is 1. The number of nitrogens with zero attached hydrogens (tertiary/aromatic N) is 1. The van der Waals surface area contributed by atoms with Gasteiger partial charge in [0.15, 0.2) is 0 Å². The van der Waals surface area contributed by atoms with Gasteiger partial charge in [0.05, 0.1) is 12.6 Å². The first-order valence-electron chi connectivity index (χ1n) is 6.56. The Morgan fingerprint density at radius 3 is 2.48 bits per heavy atom. The van der Waals surface area contributed by atoms with Crippen LogP contribution in [0.3, 0.4) is 0 Å². The van der Waals surface area contributed by atoms with Crippen molar-refractivity contribution in [2.45, 2.75) is 6.92 Å². The van der Waals surface area contributed by atoms with Crippen LogP contribution in [0.2, 0.25) is 5.02 Å². The Hall–Kier alpha value is -2.26. The van der Waals surface area contributed by atoms with E-state index in [0.29, 0.717) is 10.6 Å². The molecule has 0 amide bonds. The van der Waals surface area contributed by atoms with Crippen molar-refractivity contribution in [3.63, 3.8) is 0 Å². The standard InChI is InChI=1S/C17H14ClNO2/c1-11-9-13-10-14(18)5-8-16(13)19(11)17(20)12-3-6-15(21-2)7-4-12/h3-10H,1-2H3. The van der Waals surface area contributed by atoms with Gasteiger partial charge in [-0.25, -0.2) is 0 Å². The van der Waals surface area contributed by atoms with Crippen LogP contribution in [0, 0.1) is 6.92 Å². The molecular formula is C17H14ClNO2. The lowest BCUT2D eigenvalue weighted by Crippen LogP contribution is -2.13. The van der Waals surface area contributed by atoms with Crippen LogP contribution in [0.15, 0.2) is 48.5 Å². The minimum absolute atomic E-state index is 0.0625. The molecule has 0 saturated carbocycles. The maximum Gasteiger partial charge on any atom is 0.262 e. The zero-order valence-corrected chi connectivity index (χ0v) is 12.5. The molecule has 0 radical (unpaired) electrons. The molecule has 0 aliphatic carbocycles. The molecule has 0 N–H and O–H groups in total. The lowest BCUT2D eigenvalue weighted by atomic mass is 10.2. The molecule has 0 aliphatic heterocycles. The van der Waals surface area contributed by atoms with Crippen LogP contribution in [-0.4, -0.2) is 17.6 Å². The number of hydrogen-bond donors (Lipinski definition) is 0. The van der Waals surface area contributed by atoms with Crippen LogP contribution in [0.1, 0.15) is 16.1 Å². The van der Waals surface area contributed by atoms with Crippen molar-refractivity contribution in [1.82, 2.24) is 4.57 Å². The van der Waals surface area contributed by atoms with Gasteiger partial charge in [-0.3, -0.25) is 9.36 Å². The van der Waals surface area contributed by atoms with Crippen molar-refractivity contribution in [2.24, 2.45) is 0 Å². The highest BCUT2D eigenvalue weighted by atomic mass is 35.5. The number of fused-ring (bicyclic) bond motifs is 1. The number of aryl methyl sites for hydroxylation is 1. The van der Waals surface area contributed by atoms with E-state index in [1.807, 2.05) is 25.1 Å². The third-order valence-corrected chi connectivity index (χ3v) is 3.72. The van der Waals surface area contributed by atoms with Gasteiger partial charge in [-0.2, -0.15) is 0 Å². The van der Waals surface area contributed by atoms with Crippen molar-refractivity contribution < 1.29 is 9.53 Å². The van der Waals surface area contributed by atoms with Crippen molar-refractivity contribution >= 4 is 28.4 Å². The molecule has 0 bridgehead atoms. The van der Waals surface area contributed by atoms with Crippen LogP contribution in [-0.2, 0) is 0 Å². The molecule has 0 spiro atoms. The Morgan fingerprint density at radius 1 is 1.10 bits per heavy atom. The van der Waals surface area contributed by atoms with Crippen LogP contribution in [0.4, 0.5) is 0 Å². The maximum absolute atomic E-state index is 12.7. The Labute approximate surface area is 127 Å². The maximum atomic E-state index is 12.7. The van der Waals surface area contributed by atoms with Gasteiger partial charge >= 0.3 is 0 Å². The molecule has 21 heavy (non-hydrogen) atoms. The van der Waals surface area contributed by atoms with Crippen LogP contribution in [0.25, 0.3) is 10.9 Å². The number of benzene rings is 2. The van der Waals surface area contributed by atoms with Crippen molar-refractivity contribution in [2.75, 3.05) is 7.11 Å². The first-order chi connectivity index (χ1) is 10.1. The number of aromatic nitrogens is 1. The molecule has 0 saturated heterocycles. The lowest BCUT2D eigenvalue weighted by Gasteiger charge is -2.08. The van der Waals surface area contributed by atoms with Crippen LogP contribution in [0.5, 0.6) is 5.75 Å². The Balaban J connectivity index is 2.10. The molecule has 0 fully saturated rings. The van der Waals surface area contributed by atoms with E-state index in [0.717, 1.165) is 22.3 Å². The molecule has 1 heterocycles. The second-order valence-electron chi connectivity index (χ2n) is 4.86. The first-order valence-corrected chi connectivity index (χ1v) is 6.94. The van der Waals surface area contributed by atoms with Gasteiger partial charge in [0, 0.05) is 21.7 Å². The number of carbonyl (C=O) groups excluding carboxylic acids is 1. The molecule has 0 atom stereocenters. The molecule has 106 valence electrons. The van der Waals surface area contributed by atoms with Gasteiger partial charge in [0.1, 0.15) is 5.75 Å². The topological polar surface area (TPSA) is 31.2 Å². The fourth-order valence-corrected chi connectivity index (χ4v) is 2.64. The number of ether oxygens (including phenoxy) is 1. The van der Waals surface area contributed by atoms with Crippen LogP contribution < -0.4 is 4.74 Å². The second-order valence-corrected chi connectivity index (χ2v) is 5.29. The predicted octanol–water partition coefficient (Wildman–Crippen LogP) is 4.30. The average Bonchev–Trinajstić information content (AvgIpc) is 2.81. The summed E-state index contributed by atoms with van der Waals surface area (Å²) < 4.78 is 6.82. The summed E-state index contributed by atoms with van der Waals surface area (Å²) in [6.45, 7) is 1.91. The largest absolute Gasteiger partial charge is 0.497 e. The predicted molar refractivity (Wildman–Crippen MR) is 84.4 cm³/mol. The molecule has 1 aromatic heterocycles. The van der Waals surface area contributed by atoms with Crippen molar-refractivity contribution in [1.29, 1.82) is 0 Å². The van der Waals surface area contributed by atoms with Gasteiger partial charge in [-0.05, 0) is 55.5 Å². The Bertz CT molecular complexity index is 819. The monoisotopic (exact) mass is 299 g/mol. The highest BCUT2D eigenvalue weighted by Crippen LogP contribution is 2.24. The van der Waals surface area contributed by atoms with Crippen LogP contribution >= 0.6 is 11.6 Å². The van der Waals surface area contributed by atoms with Crippen molar-refractivity contribution in [3.8, 4) is 5.75 Å². The molecule has 0 aliphatic rings. The fourth-order valence-electron chi connectivity index (χ4n) is 2.46. The summed E-state index contributed by atoms with van der Waals surface area (Å²) in [7, 11) is 1.60. The smallest absolute Gasteiger partial charge is 0.262 e. The zero-order valence-electron chi connectivity index (χ0n) is 11.8. The molecule has 0 unspecified atom stereocenters. The van der Waals surface area contributed by atoms with Gasteiger partial charge in [-0.15, -0.1) is 0 Å². The lowest BCUT2D eigenvalue weighted by molar-refractivity contribution is 0.0963. The van der Waals surface area contributed by atoms with E-state index in [1.165, 1.54) is 0 Å². The molecule has 4 heteroatoms. The third-order valence-electron chi connectivity index (χ3n) is 3.49. The number of hydrogen-bond acceptors (Lipinski definition) is 2. The molecule has 3 nitrogen and oxygen atoms in total. The summed E-state index contributed by atoms with van der Waals surface area (Å²) in [6.07, 6.45) is 0. The number of rotatable bonds is 2. The molecular weight excluding hydrogens is 286 g/mol. The summed E-state index contributed by atoms with van der Waals surface area (Å²) in [4.78, 5) is 12.7. The highest BCUT2D eigenvalue weighted by Gasteiger charge is 2.14. The quantitative estimate of drug-likeness (QED) is 0.706. The van der Waals surface area contributed by atoms with E-state index >= 15 is 0 Å². The van der Waals surface area contributed by atoms with Crippen molar-refractivity contribution in [3.05, 3.63) is 64.8 Å². The van der Waals surface area contributed by atoms with E-state index in [9.17, 15) is 4.79 Å². The molecule has 3 aromatic rings. The Kier molecular flexibility index (Phi) is 3.43. The van der Waals surface area contributed by atoms with E-state index in [1.54, 1.807) is 42.0 Å². The molecule has 2 aromatic carbocycles. The fraction of sp³-hybridized carbons (Fsp3) is 0.118. The normalized spacial score (nSPS) is 10.8. The second kappa shape index (κ2) is 5.26. The van der Waals surface area contributed by atoms with Gasteiger partial charge < -0.3 is 4.74 Å². The summed E-state index contributed by atoms with van der Waals surface area (Å²) in [5.74, 6) is 0.667. The summed E-state index contributed by atoms with van der Waals surface area (Å²) >= 11 is 6.00. The minimum Gasteiger partial charge on any atom is -0.497 e. The van der Waals surface area contributed by atoms with E-state index < -0.39 is 0 Å². The molecule has 3 rings (SSSR count). The SMILES string of the molecule is COc1ccc(C(=O)n2c(C)cc3cc(Cl)ccc32)cc1. The number of methoxy groups -OCH3 is 1. The minimum atomic E-state index is -0.0625. The van der Waals surface area contributed by atoms with Gasteiger partial charge in [-0.1, -0.05) is 11.6 Å².